The quantitative estimate of drug-likeness (QED) is 0.867. The highest BCUT2D eigenvalue weighted by molar-refractivity contribution is 5.27. The van der Waals surface area contributed by atoms with Gasteiger partial charge in [0.05, 0.1) is 0 Å². The Hall–Kier alpha value is -1.88. The summed E-state index contributed by atoms with van der Waals surface area (Å²) in [7, 11) is 0. The molecule has 0 bridgehead atoms. The maximum Gasteiger partial charge on any atom is 0.321 e. The van der Waals surface area contributed by atoms with Gasteiger partial charge in [-0.15, -0.1) is 0 Å². The fraction of sp³-hybridized carbons (Fsp3) is 0.579. The molecule has 1 aromatic heterocycles. The normalized spacial score (nSPS) is 18.9. The van der Waals surface area contributed by atoms with Crippen molar-refractivity contribution < 1.29 is 4.52 Å². The molecule has 1 aliphatic heterocycles. The molecule has 1 aliphatic rings. The molecular formula is C19H28N4O. The Morgan fingerprint density at radius 3 is 2.67 bits per heavy atom. The largest absolute Gasteiger partial charge is 0.334 e. The van der Waals surface area contributed by atoms with Gasteiger partial charge in [0.2, 0.25) is 0 Å². The second kappa shape index (κ2) is 7.79. The summed E-state index contributed by atoms with van der Waals surface area (Å²) in [5.41, 5.74) is 2.60. The van der Waals surface area contributed by atoms with Gasteiger partial charge in [0, 0.05) is 25.6 Å². The van der Waals surface area contributed by atoms with Crippen molar-refractivity contribution >= 4 is 6.01 Å². The maximum absolute atomic E-state index is 5.20. The molecule has 2 heterocycles. The number of likely N-dealkylation sites (tertiary alicyclic amines) is 1. The van der Waals surface area contributed by atoms with Crippen LogP contribution in [0.3, 0.4) is 0 Å². The second-order valence-corrected chi connectivity index (χ2v) is 7.26. The number of anilines is 1. The van der Waals surface area contributed by atoms with Crippen LogP contribution in [0, 0.1) is 5.92 Å². The van der Waals surface area contributed by atoms with Crippen LogP contribution in [-0.4, -0.2) is 28.1 Å². The molecule has 1 aromatic carbocycles. The van der Waals surface area contributed by atoms with Gasteiger partial charge in [0.25, 0.3) is 0 Å². The summed E-state index contributed by atoms with van der Waals surface area (Å²) in [6.07, 6.45) is 2.70. The van der Waals surface area contributed by atoms with Gasteiger partial charge < -0.3 is 9.84 Å². The van der Waals surface area contributed by atoms with Crippen molar-refractivity contribution in [1.29, 1.82) is 0 Å². The van der Waals surface area contributed by atoms with Gasteiger partial charge in [0.15, 0.2) is 5.82 Å². The first kappa shape index (κ1) is 17.0. The molecule has 1 N–H and O–H groups in total. The zero-order valence-corrected chi connectivity index (χ0v) is 15.0. The third-order valence-corrected chi connectivity index (χ3v) is 4.57. The van der Waals surface area contributed by atoms with Crippen LogP contribution in [0.4, 0.5) is 6.01 Å². The van der Waals surface area contributed by atoms with Crippen molar-refractivity contribution in [3.8, 4) is 0 Å². The van der Waals surface area contributed by atoms with Crippen molar-refractivity contribution in [2.45, 2.75) is 52.6 Å². The zero-order chi connectivity index (χ0) is 16.9. The second-order valence-electron chi connectivity index (χ2n) is 7.26. The molecule has 2 aromatic rings. The lowest BCUT2D eigenvalue weighted by atomic mass is 9.99. The number of nitrogens with zero attached hydrogens (tertiary/aromatic N) is 3. The fourth-order valence-electron chi connectivity index (χ4n) is 3.17. The Kier molecular flexibility index (Phi) is 5.51. The lowest BCUT2D eigenvalue weighted by Crippen LogP contribution is -2.33. The number of hydrogen-bond acceptors (Lipinski definition) is 5. The number of hydrogen-bond donors (Lipinski definition) is 1. The highest BCUT2D eigenvalue weighted by Crippen LogP contribution is 2.18. The minimum absolute atomic E-state index is 0.279. The summed E-state index contributed by atoms with van der Waals surface area (Å²) >= 11 is 0. The number of aromatic nitrogens is 2. The lowest BCUT2D eigenvalue weighted by Gasteiger charge is -2.30. The van der Waals surface area contributed by atoms with Gasteiger partial charge in [-0.05, 0) is 36.4 Å². The molecule has 130 valence electrons. The molecule has 1 unspecified atom stereocenters. The van der Waals surface area contributed by atoms with E-state index in [1.54, 1.807) is 0 Å². The van der Waals surface area contributed by atoms with E-state index < -0.39 is 0 Å². The molecule has 5 heteroatoms. The van der Waals surface area contributed by atoms with Crippen LogP contribution in [0.1, 0.15) is 56.5 Å². The molecule has 3 rings (SSSR count). The Morgan fingerprint density at radius 2 is 2.00 bits per heavy atom. The van der Waals surface area contributed by atoms with Crippen LogP contribution < -0.4 is 5.32 Å². The first-order valence-electron chi connectivity index (χ1n) is 8.98. The molecular weight excluding hydrogens is 300 g/mol. The van der Waals surface area contributed by atoms with Crippen LogP contribution in [-0.2, 0) is 13.1 Å². The summed E-state index contributed by atoms with van der Waals surface area (Å²) in [5, 5.41) is 7.15. The van der Waals surface area contributed by atoms with Crippen molar-refractivity contribution in [3.05, 3.63) is 41.2 Å². The Morgan fingerprint density at radius 1 is 1.25 bits per heavy atom. The van der Waals surface area contributed by atoms with Gasteiger partial charge in [-0.3, -0.25) is 4.90 Å². The first-order valence-corrected chi connectivity index (χ1v) is 8.98. The van der Waals surface area contributed by atoms with E-state index in [2.05, 4.69) is 65.4 Å². The highest BCUT2D eigenvalue weighted by atomic mass is 16.5. The van der Waals surface area contributed by atoms with Gasteiger partial charge in [-0.1, -0.05) is 50.2 Å². The number of piperidine rings is 1. The van der Waals surface area contributed by atoms with Crippen LogP contribution in [0.5, 0.6) is 0 Å². The Balaban J connectivity index is 1.50. The SMILES string of the molecule is CC1CCCN(Cc2ccc(CNc3nc(C(C)C)no3)cc2)C1. The van der Waals surface area contributed by atoms with Gasteiger partial charge in [-0.25, -0.2) is 0 Å². The number of rotatable bonds is 6. The average Bonchev–Trinajstić information content (AvgIpc) is 3.04. The average molecular weight is 328 g/mol. The standard InChI is InChI=1S/C19H28N4O/c1-14(2)18-21-19(24-22-18)20-11-16-6-8-17(9-7-16)13-23-10-4-5-15(3)12-23/h6-9,14-15H,4-5,10-13H2,1-3H3,(H,20,21,22). The topological polar surface area (TPSA) is 54.2 Å². The van der Waals surface area contributed by atoms with E-state index in [4.69, 9.17) is 4.52 Å². The summed E-state index contributed by atoms with van der Waals surface area (Å²) < 4.78 is 5.20. The molecule has 1 saturated heterocycles. The van der Waals surface area contributed by atoms with Crippen molar-refractivity contribution in [1.82, 2.24) is 15.0 Å². The molecule has 1 atom stereocenters. The molecule has 0 saturated carbocycles. The number of benzene rings is 1. The van der Waals surface area contributed by atoms with Gasteiger partial charge >= 0.3 is 6.01 Å². The first-order chi connectivity index (χ1) is 11.6. The van der Waals surface area contributed by atoms with E-state index >= 15 is 0 Å². The maximum atomic E-state index is 5.20. The van der Waals surface area contributed by atoms with Crippen LogP contribution in [0.2, 0.25) is 0 Å². The van der Waals surface area contributed by atoms with Crippen LogP contribution in [0.15, 0.2) is 28.8 Å². The monoisotopic (exact) mass is 328 g/mol. The van der Waals surface area contributed by atoms with Gasteiger partial charge in [-0.2, -0.15) is 4.98 Å². The van der Waals surface area contributed by atoms with E-state index in [9.17, 15) is 0 Å². The van der Waals surface area contributed by atoms with E-state index in [0.717, 1.165) is 18.3 Å². The third kappa shape index (κ3) is 4.57. The molecule has 1 fully saturated rings. The smallest absolute Gasteiger partial charge is 0.321 e. The predicted molar refractivity (Wildman–Crippen MR) is 95.8 cm³/mol. The minimum atomic E-state index is 0.279. The molecule has 5 nitrogen and oxygen atoms in total. The van der Waals surface area contributed by atoms with E-state index in [0.29, 0.717) is 12.6 Å². The van der Waals surface area contributed by atoms with Gasteiger partial charge in [0.1, 0.15) is 0 Å². The summed E-state index contributed by atoms with van der Waals surface area (Å²) in [5.74, 6) is 1.84. The molecule has 0 aliphatic carbocycles. The molecule has 24 heavy (non-hydrogen) atoms. The number of nitrogens with one attached hydrogen (secondary N) is 1. The summed E-state index contributed by atoms with van der Waals surface area (Å²) in [6, 6.07) is 9.29. The zero-order valence-electron chi connectivity index (χ0n) is 15.0. The lowest BCUT2D eigenvalue weighted by molar-refractivity contribution is 0.176. The van der Waals surface area contributed by atoms with Crippen molar-refractivity contribution in [2.75, 3.05) is 18.4 Å². The Bertz CT molecular complexity index is 635. The molecule has 0 amide bonds. The molecule has 0 spiro atoms. The third-order valence-electron chi connectivity index (χ3n) is 4.57. The van der Waals surface area contributed by atoms with Crippen molar-refractivity contribution in [3.63, 3.8) is 0 Å². The van der Waals surface area contributed by atoms with E-state index in [-0.39, 0.29) is 5.92 Å². The predicted octanol–water partition coefficient (Wildman–Crippen LogP) is 4.04. The van der Waals surface area contributed by atoms with Crippen molar-refractivity contribution in [2.24, 2.45) is 5.92 Å². The summed E-state index contributed by atoms with van der Waals surface area (Å²) in [6.45, 7) is 10.7. The van der Waals surface area contributed by atoms with E-state index in [1.165, 1.54) is 37.1 Å². The Labute approximate surface area is 144 Å². The van der Waals surface area contributed by atoms with Crippen LogP contribution >= 0.6 is 0 Å². The minimum Gasteiger partial charge on any atom is -0.334 e. The van der Waals surface area contributed by atoms with E-state index in [1.807, 2.05) is 0 Å². The summed E-state index contributed by atoms with van der Waals surface area (Å²) in [4.78, 5) is 6.89. The fourth-order valence-corrected chi connectivity index (χ4v) is 3.17. The molecule has 0 radical (unpaired) electrons. The van der Waals surface area contributed by atoms with Crippen LogP contribution in [0.25, 0.3) is 0 Å². The highest BCUT2D eigenvalue weighted by Gasteiger charge is 2.16.